The van der Waals surface area contributed by atoms with Crippen LogP contribution in [0, 0.1) is 11.8 Å². The number of amides is 2. The quantitative estimate of drug-likeness (QED) is 0.307. The maximum Gasteiger partial charge on any atom is 0.240 e. The molecule has 0 unspecified atom stereocenters. The molecule has 3 nitrogen and oxygen atoms in total. The summed E-state index contributed by atoms with van der Waals surface area (Å²) in [6.45, 7) is 0. The second kappa shape index (κ2) is 6.26. The van der Waals surface area contributed by atoms with Gasteiger partial charge in [0, 0.05) is 0 Å². The lowest BCUT2D eigenvalue weighted by Gasteiger charge is -2.54. The molecule has 0 spiro atoms. The minimum absolute atomic E-state index is 0.138. The first-order valence-corrected chi connectivity index (χ1v) is 11.2. The minimum Gasteiger partial charge on any atom is -0.274 e. The fraction of sp³-hybridized carbons (Fsp3) is 0.167. The van der Waals surface area contributed by atoms with Crippen molar-refractivity contribution < 1.29 is 9.59 Å². The number of alkyl halides is 2. The number of halogens is 4. The van der Waals surface area contributed by atoms with Gasteiger partial charge in [0.25, 0.3) is 0 Å². The van der Waals surface area contributed by atoms with Crippen LogP contribution in [0.4, 0.5) is 5.69 Å². The number of anilines is 1. The number of carbonyl (C=O) groups excluding carboxylic acids is 2. The Morgan fingerprint density at radius 3 is 1.48 bits per heavy atom. The number of benzene rings is 3. The molecule has 0 N–H and O–H groups in total. The number of imide groups is 1. The Bertz CT molecular complexity index is 1200. The Morgan fingerprint density at radius 1 is 0.645 bits per heavy atom. The average molecular weight is 489 g/mol. The Balaban J connectivity index is 1.67. The molecule has 2 atom stereocenters. The molecule has 2 bridgehead atoms. The molecule has 1 fully saturated rings. The van der Waals surface area contributed by atoms with E-state index in [0.717, 1.165) is 27.2 Å². The van der Waals surface area contributed by atoms with Crippen LogP contribution in [0.15, 0.2) is 66.7 Å². The third kappa shape index (κ3) is 2.13. The van der Waals surface area contributed by atoms with Gasteiger partial charge in [-0.05, 0) is 34.4 Å². The summed E-state index contributed by atoms with van der Waals surface area (Å²) in [6.07, 6.45) is 0. The van der Waals surface area contributed by atoms with Crippen LogP contribution in [0.3, 0.4) is 0 Å². The van der Waals surface area contributed by atoms with E-state index in [2.05, 4.69) is 0 Å². The number of rotatable bonds is 1. The van der Waals surface area contributed by atoms with Gasteiger partial charge in [-0.2, -0.15) is 0 Å². The van der Waals surface area contributed by atoms with Crippen molar-refractivity contribution in [3.05, 3.63) is 99.0 Å². The Hall–Kier alpha value is -2.04. The monoisotopic (exact) mass is 487 g/mol. The van der Waals surface area contributed by atoms with Crippen molar-refractivity contribution in [3.8, 4) is 0 Å². The Morgan fingerprint density at radius 2 is 1.06 bits per heavy atom. The van der Waals surface area contributed by atoms with Gasteiger partial charge in [0.2, 0.25) is 11.8 Å². The normalized spacial score (nSPS) is 30.3. The van der Waals surface area contributed by atoms with E-state index >= 15 is 0 Å². The van der Waals surface area contributed by atoms with Gasteiger partial charge >= 0.3 is 0 Å². The molecule has 3 aliphatic carbocycles. The highest BCUT2D eigenvalue weighted by Crippen LogP contribution is 2.69. The molecule has 1 heterocycles. The predicted octanol–water partition coefficient (Wildman–Crippen LogP) is 6.09. The summed E-state index contributed by atoms with van der Waals surface area (Å²) in [5.74, 6) is -2.61. The molecule has 2 amide bonds. The summed E-state index contributed by atoms with van der Waals surface area (Å²) in [6, 6.07) is 19.9. The highest BCUT2D eigenvalue weighted by atomic mass is 35.5. The lowest BCUT2D eigenvalue weighted by molar-refractivity contribution is -0.122. The molecule has 31 heavy (non-hydrogen) atoms. The molecule has 3 aromatic rings. The molecule has 3 aromatic carbocycles. The van der Waals surface area contributed by atoms with E-state index in [0.29, 0.717) is 0 Å². The van der Waals surface area contributed by atoms with Crippen molar-refractivity contribution in [3.63, 3.8) is 0 Å². The van der Waals surface area contributed by atoms with E-state index in [-0.39, 0.29) is 15.7 Å². The summed E-state index contributed by atoms with van der Waals surface area (Å²) < 4.78 is 0. The highest BCUT2D eigenvalue weighted by molar-refractivity contribution is 6.45. The fourth-order valence-corrected chi connectivity index (χ4v) is 7.05. The zero-order valence-corrected chi connectivity index (χ0v) is 18.8. The van der Waals surface area contributed by atoms with Gasteiger partial charge in [-0.15, -0.1) is 23.2 Å². The number of hydrogen-bond donors (Lipinski definition) is 0. The second-order valence-corrected chi connectivity index (χ2v) is 10.0. The molecule has 4 aliphatic rings. The molecular formula is C24H13Cl4NO2. The van der Waals surface area contributed by atoms with E-state index in [1.54, 1.807) is 18.2 Å². The lowest BCUT2D eigenvalue weighted by atomic mass is 9.54. The molecule has 1 saturated heterocycles. The minimum atomic E-state index is -1.22. The van der Waals surface area contributed by atoms with Crippen molar-refractivity contribution in [1.29, 1.82) is 0 Å². The van der Waals surface area contributed by atoms with E-state index in [1.165, 1.54) is 0 Å². The predicted molar refractivity (Wildman–Crippen MR) is 122 cm³/mol. The summed E-state index contributed by atoms with van der Waals surface area (Å²) in [7, 11) is 0. The summed E-state index contributed by atoms with van der Waals surface area (Å²) >= 11 is 27.3. The van der Waals surface area contributed by atoms with Crippen LogP contribution in [-0.2, 0) is 19.3 Å². The lowest BCUT2D eigenvalue weighted by Crippen LogP contribution is -2.57. The van der Waals surface area contributed by atoms with Crippen LogP contribution in [-0.4, -0.2) is 11.8 Å². The summed E-state index contributed by atoms with van der Waals surface area (Å²) in [4.78, 5) is 26.3. The first-order valence-electron chi connectivity index (χ1n) is 9.72. The van der Waals surface area contributed by atoms with Crippen molar-refractivity contribution >= 4 is 63.9 Å². The number of hydrogen-bond acceptors (Lipinski definition) is 2. The first-order chi connectivity index (χ1) is 14.8. The van der Waals surface area contributed by atoms with Crippen molar-refractivity contribution in [2.45, 2.75) is 9.75 Å². The largest absolute Gasteiger partial charge is 0.274 e. The van der Waals surface area contributed by atoms with Crippen molar-refractivity contribution in [1.82, 2.24) is 0 Å². The van der Waals surface area contributed by atoms with Crippen molar-refractivity contribution in [2.75, 3.05) is 4.90 Å². The second-order valence-electron chi connectivity index (χ2n) is 8.05. The maximum atomic E-state index is 13.8. The van der Waals surface area contributed by atoms with E-state index in [9.17, 15) is 9.59 Å². The third-order valence-corrected chi connectivity index (χ3v) is 8.85. The van der Waals surface area contributed by atoms with E-state index in [4.69, 9.17) is 46.4 Å². The molecule has 154 valence electrons. The molecule has 0 radical (unpaired) electrons. The topological polar surface area (TPSA) is 37.4 Å². The first kappa shape index (κ1) is 19.6. The van der Waals surface area contributed by atoms with E-state index in [1.807, 2.05) is 48.5 Å². The van der Waals surface area contributed by atoms with Gasteiger partial charge < -0.3 is 0 Å². The van der Waals surface area contributed by atoms with Gasteiger partial charge in [0.1, 0.15) is 9.75 Å². The molecule has 7 rings (SSSR count). The highest BCUT2D eigenvalue weighted by Gasteiger charge is 2.73. The third-order valence-electron chi connectivity index (χ3n) is 6.76. The summed E-state index contributed by atoms with van der Waals surface area (Å²) in [5, 5.41) is 0.393. The van der Waals surface area contributed by atoms with Gasteiger partial charge in [-0.3, -0.25) is 9.59 Å². The zero-order chi connectivity index (χ0) is 21.7. The van der Waals surface area contributed by atoms with Crippen LogP contribution >= 0.6 is 46.4 Å². The molecular weight excluding hydrogens is 476 g/mol. The SMILES string of the molecule is O=C1[C@@H]2[C@@H](C(=O)N1c1cccc(Cl)c1Cl)C1(Cl)c3ccccc3C2(Cl)c2ccccc21. The number of carbonyl (C=O) groups is 2. The Kier molecular flexibility index (Phi) is 3.97. The fourth-order valence-electron chi connectivity index (χ4n) is 5.57. The van der Waals surface area contributed by atoms with Crippen LogP contribution in [0.2, 0.25) is 10.0 Å². The standard InChI is InChI=1S/C24H13Cl4NO2/c25-16-10-5-11-17(20(16)26)29-21(30)18-19(22(29)31)24(28)13-7-2-1-6-12(13)23(18,27)14-8-3-4-9-15(14)24/h1-11,18-19H/t18-,19-,23?,24?/m0/s1. The smallest absolute Gasteiger partial charge is 0.240 e. The van der Waals surface area contributed by atoms with Crippen LogP contribution in [0.1, 0.15) is 22.3 Å². The van der Waals surface area contributed by atoms with Gasteiger partial charge in [-0.1, -0.05) is 77.8 Å². The maximum absolute atomic E-state index is 13.8. The average Bonchev–Trinajstić information content (AvgIpc) is 3.05. The van der Waals surface area contributed by atoms with Crippen LogP contribution in [0.25, 0.3) is 0 Å². The van der Waals surface area contributed by atoms with Gasteiger partial charge in [-0.25, -0.2) is 4.90 Å². The van der Waals surface area contributed by atoms with E-state index < -0.39 is 33.4 Å². The van der Waals surface area contributed by atoms with Crippen LogP contribution < -0.4 is 4.90 Å². The molecule has 0 saturated carbocycles. The number of nitrogens with zero attached hydrogens (tertiary/aromatic N) is 1. The zero-order valence-electron chi connectivity index (χ0n) is 15.8. The van der Waals surface area contributed by atoms with Gasteiger partial charge in [0.05, 0.1) is 27.6 Å². The molecule has 0 aromatic heterocycles. The molecule has 1 aliphatic heterocycles. The van der Waals surface area contributed by atoms with Crippen LogP contribution in [0.5, 0.6) is 0 Å². The van der Waals surface area contributed by atoms with Crippen molar-refractivity contribution in [2.24, 2.45) is 11.8 Å². The molecule has 7 heteroatoms. The van der Waals surface area contributed by atoms with Gasteiger partial charge in [0.15, 0.2) is 0 Å². The summed E-state index contributed by atoms with van der Waals surface area (Å²) in [5.41, 5.74) is 3.27. The Labute approximate surface area is 198 Å².